The molecule has 0 saturated carbocycles. The van der Waals surface area contributed by atoms with E-state index in [4.69, 9.17) is 27.6 Å². The molecule has 0 fully saturated rings. The Bertz CT molecular complexity index is 802. The molecule has 0 aliphatic heterocycles. The van der Waals surface area contributed by atoms with Gasteiger partial charge in [0, 0.05) is 11.3 Å². The van der Waals surface area contributed by atoms with Crippen molar-refractivity contribution in [3.05, 3.63) is 64.0 Å². The molecule has 2 aromatic carbocycles. The van der Waals surface area contributed by atoms with E-state index in [-0.39, 0.29) is 0 Å². The predicted octanol–water partition coefficient (Wildman–Crippen LogP) is 4.96. The number of nitrogens with one attached hydrogen (secondary N) is 1. The van der Waals surface area contributed by atoms with Crippen LogP contribution in [0.25, 0.3) is 11.5 Å². The lowest BCUT2D eigenvalue weighted by Crippen LogP contribution is -1.99. The molecule has 112 valence electrons. The first-order valence-corrected chi connectivity index (χ1v) is 7.46. The summed E-state index contributed by atoms with van der Waals surface area (Å²) in [7, 11) is 0. The third kappa shape index (κ3) is 3.40. The van der Waals surface area contributed by atoms with Crippen LogP contribution in [-0.2, 0) is 6.54 Å². The van der Waals surface area contributed by atoms with E-state index in [9.17, 15) is 0 Å². The molecule has 3 aromatic rings. The van der Waals surface area contributed by atoms with Crippen molar-refractivity contribution in [3.63, 3.8) is 0 Å². The molecule has 1 N–H and O–H groups in total. The van der Waals surface area contributed by atoms with Crippen LogP contribution in [0.4, 0.5) is 5.69 Å². The number of aryl methyl sites for hydroxylation is 1. The van der Waals surface area contributed by atoms with Crippen LogP contribution in [0.15, 0.2) is 46.9 Å². The summed E-state index contributed by atoms with van der Waals surface area (Å²) in [4.78, 5) is 0. The van der Waals surface area contributed by atoms with Crippen molar-refractivity contribution in [2.45, 2.75) is 13.5 Å². The summed E-state index contributed by atoms with van der Waals surface area (Å²) in [6.45, 7) is 2.43. The van der Waals surface area contributed by atoms with Gasteiger partial charge in [-0.1, -0.05) is 40.9 Å². The molecule has 0 aliphatic carbocycles. The molecular weight excluding hydrogens is 321 g/mol. The van der Waals surface area contributed by atoms with Gasteiger partial charge in [0.25, 0.3) is 0 Å². The highest BCUT2D eigenvalue weighted by atomic mass is 35.5. The fourth-order valence-electron chi connectivity index (χ4n) is 2.00. The number of halogens is 2. The minimum Gasteiger partial charge on any atom is -0.419 e. The standard InChI is InChI=1S/C16H13Cl2N3O/c1-10-3-2-4-11(7-10)16-21-20-15(22-16)9-19-12-5-6-13(17)14(18)8-12/h2-8,19H,9H2,1H3. The molecule has 4 nitrogen and oxygen atoms in total. The second kappa shape index (κ2) is 6.38. The van der Waals surface area contributed by atoms with Gasteiger partial charge < -0.3 is 9.73 Å². The smallest absolute Gasteiger partial charge is 0.247 e. The van der Waals surface area contributed by atoms with Gasteiger partial charge in [-0.25, -0.2) is 0 Å². The molecule has 0 radical (unpaired) electrons. The van der Waals surface area contributed by atoms with Gasteiger partial charge in [-0.2, -0.15) is 0 Å². The number of benzene rings is 2. The zero-order valence-electron chi connectivity index (χ0n) is 11.8. The maximum Gasteiger partial charge on any atom is 0.247 e. The van der Waals surface area contributed by atoms with Gasteiger partial charge in [-0.15, -0.1) is 10.2 Å². The molecule has 0 unspecified atom stereocenters. The summed E-state index contributed by atoms with van der Waals surface area (Å²) in [5.74, 6) is 1.01. The molecule has 6 heteroatoms. The predicted molar refractivity (Wildman–Crippen MR) is 88.3 cm³/mol. The van der Waals surface area contributed by atoms with E-state index in [1.54, 1.807) is 12.1 Å². The number of hydrogen-bond acceptors (Lipinski definition) is 4. The second-order valence-corrected chi connectivity index (χ2v) is 5.67. The zero-order chi connectivity index (χ0) is 15.5. The van der Waals surface area contributed by atoms with Gasteiger partial charge in [-0.05, 0) is 37.3 Å². The Labute approximate surface area is 138 Å². The average Bonchev–Trinajstić information content (AvgIpc) is 2.97. The Morgan fingerprint density at radius 2 is 1.91 bits per heavy atom. The Hall–Kier alpha value is -2.04. The highest BCUT2D eigenvalue weighted by molar-refractivity contribution is 6.42. The number of nitrogens with zero attached hydrogens (tertiary/aromatic N) is 2. The molecule has 1 heterocycles. The van der Waals surface area contributed by atoms with Crippen molar-refractivity contribution in [2.75, 3.05) is 5.32 Å². The average molecular weight is 334 g/mol. The first-order chi connectivity index (χ1) is 10.6. The van der Waals surface area contributed by atoms with E-state index < -0.39 is 0 Å². The van der Waals surface area contributed by atoms with Gasteiger partial charge in [0.15, 0.2) is 0 Å². The van der Waals surface area contributed by atoms with Gasteiger partial charge in [0.2, 0.25) is 11.8 Å². The fourth-order valence-corrected chi connectivity index (χ4v) is 2.30. The molecule has 0 atom stereocenters. The van der Waals surface area contributed by atoms with Crippen LogP contribution in [0.2, 0.25) is 10.0 Å². The highest BCUT2D eigenvalue weighted by Gasteiger charge is 2.08. The molecule has 0 amide bonds. The van der Waals surface area contributed by atoms with Crippen molar-refractivity contribution in [1.29, 1.82) is 0 Å². The van der Waals surface area contributed by atoms with Crippen molar-refractivity contribution in [3.8, 4) is 11.5 Å². The van der Waals surface area contributed by atoms with Crippen molar-refractivity contribution < 1.29 is 4.42 Å². The van der Waals surface area contributed by atoms with Crippen LogP contribution >= 0.6 is 23.2 Å². The van der Waals surface area contributed by atoms with Crippen molar-refractivity contribution >= 4 is 28.9 Å². The third-order valence-corrected chi connectivity index (χ3v) is 3.83. The molecule has 1 aromatic heterocycles. The summed E-state index contributed by atoms with van der Waals surface area (Å²) >= 11 is 11.9. The summed E-state index contributed by atoms with van der Waals surface area (Å²) in [5, 5.41) is 12.3. The number of anilines is 1. The van der Waals surface area contributed by atoms with Crippen LogP contribution in [0.3, 0.4) is 0 Å². The maximum atomic E-state index is 5.97. The van der Waals surface area contributed by atoms with Crippen LogP contribution in [0.1, 0.15) is 11.5 Å². The SMILES string of the molecule is Cc1cccc(-c2nnc(CNc3ccc(Cl)c(Cl)c3)o2)c1. The van der Waals surface area contributed by atoms with Crippen LogP contribution in [-0.4, -0.2) is 10.2 Å². The normalized spacial score (nSPS) is 10.7. The highest BCUT2D eigenvalue weighted by Crippen LogP contribution is 2.25. The summed E-state index contributed by atoms with van der Waals surface area (Å²) < 4.78 is 5.66. The molecule has 0 aliphatic rings. The lowest BCUT2D eigenvalue weighted by atomic mass is 10.1. The largest absolute Gasteiger partial charge is 0.419 e. The Balaban J connectivity index is 1.70. The van der Waals surface area contributed by atoms with E-state index in [1.807, 2.05) is 37.3 Å². The lowest BCUT2D eigenvalue weighted by molar-refractivity contribution is 0.515. The van der Waals surface area contributed by atoms with E-state index in [0.29, 0.717) is 28.4 Å². The van der Waals surface area contributed by atoms with E-state index in [0.717, 1.165) is 16.8 Å². The Morgan fingerprint density at radius 1 is 1.05 bits per heavy atom. The number of rotatable bonds is 4. The quantitative estimate of drug-likeness (QED) is 0.732. The van der Waals surface area contributed by atoms with E-state index in [2.05, 4.69) is 15.5 Å². The summed E-state index contributed by atoms with van der Waals surface area (Å²) in [6.07, 6.45) is 0. The zero-order valence-corrected chi connectivity index (χ0v) is 13.3. The Kier molecular flexibility index (Phi) is 4.32. The molecule has 22 heavy (non-hydrogen) atoms. The maximum absolute atomic E-state index is 5.97. The van der Waals surface area contributed by atoms with Crippen LogP contribution < -0.4 is 5.32 Å². The van der Waals surface area contributed by atoms with E-state index in [1.165, 1.54) is 0 Å². The minimum absolute atomic E-state index is 0.413. The first-order valence-electron chi connectivity index (χ1n) is 6.70. The Morgan fingerprint density at radius 3 is 2.68 bits per heavy atom. The van der Waals surface area contributed by atoms with Crippen LogP contribution in [0.5, 0.6) is 0 Å². The van der Waals surface area contributed by atoms with E-state index >= 15 is 0 Å². The van der Waals surface area contributed by atoms with Gasteiger partial charge in [-0.3, -0.25) is 0 Å². The topological polar surface area (TPSA) is 51.0 Å². The summed E-state index contributed by atoms with van der Waals surface area (Å²) in [6, 6.07) is 13.3. The number of hydrogen-bond donors (Lipinski definition) is 1. The molecule has 0 spiro atoms. The van der Waals surface area contributed by atoms with Crippen molar-refractivity contribution in [2.24, 2.45) is 0 Å². The van der Waals surface area contributed by atoms with Gasteiger partial charge in [0.05, 0.1) is 16.6 Å². The van der Waals surface area contributed by atoms with Gasteiger partial charge in [0.1, 0.15) is 0 Å². The fraction of sp³-hybridized carbons (Fsp3) is 0.125. The van der Waals surface area contributed by atoms with Crippen molar-refractivity contribution in [1.82, 2.24) is 10.2 Å². The van der Waals surface area contributed by atoms with Gasteiger partial charge >= 0.3 is 0 Å². The summed E-state index contributed by atoms with van der Waals surface area (Å²) in [5.41, 5.74) is 2.89. The molecular formula is C16H13Cl2N3O. The molecule has 0 bridgehead atoms. The lowest BCUT2D eigenvalue weighted by Gasteiger charge is -2.04. The monoisotopic (exact) mass is 333 g/mol. The molecule has 0 saturated heterocycles. The first kappa shape index (κ1) is 14.9. The number of aromatic nitrogens is 2. The third-order valence-electron chi connectivity index (χ3n) is 3.10. The molecule has 3 rings (SSSR count). The van der Waals surface area contributed by atoms with Crippen LogP contribution in [0, 0.1) is 6.92 Å². The minimum atomic E-state index is 0.413. The second-order valence-electron chi connectivity index (χ2n) is 4.85.